The lowest BCUT2D eigenvalue weighted by Gasteiger charge is -2.17. The Kier molecular flexibility index (Phi) is 3.91. The van der Waals surface area contributed by atoms with E-state index in [1.807, 2.05) is 0 Å². The summed E-state index contributed by atoms with van der Waals surface area (Å²) in [7, 11) is 0. The summed E-state index contributed by atoms with van der Waals surface area (Å²) in [6, 6.07) is 8.94. The van der Waals surface area contributed by atoms with Gasteiger partial charge in [-0.1, -0.05) is 22.0 Å². The summed E-state index contributed by atoms with van der Waals surface area (Å²) in [5, 5.41) is 2.62. The molecule has 26 heavy (non-hydrogen) atoms. The van der Waals surface area contributed by atoms with Crippen LogP contribution in [0.4, 0.5) is 18.9 Å². The zero-order valence-corrected chi connectivity index (χ0v) is 14.9. The monoisotopic (exact) mass is 427 g/mol. The summed E-state index contributed by atoms with van der Waals surface area (Å²) in [6.07, 6.45) is -3.25. The van der Waals surface area contributed by atoms with Gasteiger partial charge in [-0.05, 0) is 48.7 Å². The van der Waals surface area contributed by atoms with Crippen LogP contribution >= 0.6 is 15.9 Å². The van der Waals surface area contributed by atoms with Crippen LogP contribution in [-0.4, -0.2) is 12.7 Å². The first-order chi connectivity index (χ1) is 12.3. The van der Waals surface area contributed by atoms with Crippen molar-refractivity contribution in [3.8, 4) is 11.5 Å². The predicted molar refractivity (Wildman–Crippen MR) is 91.3 cm³/mol. The molecule has 4 nitrogen and oxygen atoms in total. The highest BCUT2D eigenvalue weighted by Gasteiger charge is 2.51. The fraction of sp³-hybridized carbons (Fsp3) is 0.278. The van der Waals surface area contributed by atoms with Crippen LogP contribution in [0.1, 0.15) is 24.0 Å². The van der Waals surface area contributed by atoms with Crippen molar-refractivity contribution in [3.63, 3.8) is 0 Å². The number of carbonyl (C=O) groups excluding carboxylic acids is 1. The molecule has 2 aromatic rings. The van der Waals surface area contributed by atoms with Gasteiger partial charge in [-0.15, -0.1) is 0 Å². The topological polar surface area (TPSA) is 47.6 Å². The van der Waals surface area contributed by atoms with E-state index in [-0.39, 0.29) is 22.9 Å². The summed E-state index contributed by atoms with van der Waals surface area (Å²) < 4.78 is 49.6. The number of carbonyl (C=O) groups is 1. The van der Waals surface area contributed by atoms with Crippen LogP contribution < -0.4 is 14.8 Å². The second-order valence-corrected chi connectivity index (χ2v) is 7.15. The number of amides is 1. The van der Waals surface area contributed by atoms with Crippen molar-refractivity contribution in [1.82, 2.24) is 0 Å². The number of rotatable bonds is 3. The zero-order valence-electron chi connectivity index (χ0n) is 13.3. The zero-order chi connectivity index (χ0) is 18.5. The highest BCUT2D eigenvalue weighted by Crippen LogP contribution is 2.51. The standard InChI is InChI=1S/C18H13BrF3NO3/c19-13-3-2-11(8-12(13)18(20,21)22)23-16(24)17(5-6-17)10-1-4-14-15(7-10)26-9-25-14/h1-4,7-8H,5-6,9H2,(H,23,24). The maximum atomic E-state index is 13.0. The maximum Gasteiger partial charge on any atom is 0.417 e. The predicted octanol–water partition coefficient (Wildman–Crippen LogP) is 4.87. The van der Waals surface area contributed by atoms with Gasteiger partial charge >= 0.3 is 6.18 Å². The molecule has 0 saturated heterocycles. The van der Waals surface area contributed by atoms with Crippen molar-refractivity contribution >= 4 is 27.5 Å². The van der Waals surface area contributed by atoms with Crippen LogP contribution in [0.3, 0.4) is 0 Å². The van der Waals surface area contributed by atoms with Gasteiger partial charge < -0.3 is 14.8 Å². The molecule has 0 aromatic heterocycles. The molecule has 0 radical (unpaired) electrons. The van der Waals surface area contributed by atoms with Crippen molar-refractivity contribution in [2.45, 2.75) is 24.4 Å². The van der Waals surface area contributed by atoms with Crippen molar-refractivity contribution in [1.29, 1.82) is 0 Å². The third-order valence-electron chi connectivity index (χ3n) is 4.64. The third-order valence-corrected chi connectivity index (χ3v) is 5.33. The lowest BCUT2D eigenvalue weighted by Crippen LogP contribution is -2.28. The van der Waals surface area contributed by atoms with E-state index in [9.17, 15) is 18.0 Å². The minimum Gasteiger partial charge on any atom is -0.454 e. The maximum absolute atomic E-state index is 13.0. The van der Waals surface area contributed by atoms with E-state index in [0.717, 1.165) is 11.6 Å². The van der Waals surface area contributed by atoms with Gasteiger partial charge in [0.15, 0.2) is 11.5 Å². The first-order valence-corrected chi connectivity index (χ1v) is 8.67. The van der Waals surface area contributed by atoms with E-state index < -0.39 is 17.2 Å². The second-order valence-electron chi connectivity index (χ2n) is 6.30. The second kappa shape index (κ2) is 5.90. The van der Waals surface area contributed by atoms with Crippen LogP contribution in [-0.2, 0) is 16.4 Å². The highest BCUT2D eigenvalue weighted by atomic mass is 79.9. The summed E-state index contributed by atoms with van der Waals surface area (Å²) >= 11 is 2.89. The highest BCUT2D eigenvalue weighted by molar-refractivity contribution is 9.10. The average molecular weight is 428 g/mol. The number of fused-ring (bicyclic) bond motifs is 1. The van der Waals surface area contributed by atoms with Crippen molar-refractivity contribution in [2.75, 3.05) is 12.1 Å². The molecule has 0 unspecified atom stereocenters. The molecular weight excluding hydrogens is 415 g/mol. The summed E-state index contributed by atoms with van der Waals surface area (Å²) in [4.78, 5) is 12.8. The van der Waals surface area contributed by atoms with E-state index in [2.05, 4.69) is 21.2 Å². The molecule has 1 N–H and O–H groups in total. The van der Waals surface area contributed by atoms with Gasteiger partial charge in [0.25, 0.3) is 0 Å². The SMILES string of the molecule is O=C(Nc1ccc(Br)c(C(F)(F)F)c1)C1(c2ccc3c(c2)OCO3)CC1. The summed E-state index contributed by atoms with van der Waals surface area (Å²) in [5.41, 5.74) is -0.694. The molecule has 1 amide bonds. The van der Waals surface area contributed by atoms with Crippen LogP contribution in [0.5, 0.6) is 11.5 Å². The summed E-state index contributed by atoms with van der Waals surface area (Å²) in [5.74, 6) is 0.865. The molecule has 0 atom stereocenters. The van der Waals surface area contributed by atoms with Crippen molar-refractivity contribution in [2.24, 2.45) is 0 Å². The van der Waals surface area contributed by atoms with E-state index in [0.29, 0.717) is 24.3 Å². The number of ether oxygens (including phenoxy) is 2. The van der Waals surface area contributed by atoms with Gasteiger partial charge in [0, 0.05) is 10.2 Å². The van der Waals surface area contributed by atoms with Gasteiger partial charge in [-0.25, -0.2) is 0 Å². The number of hydrogen-bond acceptors (Lipinski definition) is 3. The van der Waals surface area contributed by atoms with Crippen molar-refractivity contribution in [3.05, 3.63) is 52.0 Å². The first kappa shape index (κ1) is 17.2. The average Bonchev–Trinajstić information content (AvgIpc) is 3.27. The fourth-order valence-electron chi connectivity index (χ4n) is 3.04. The quantitative estimate of drug-likeness (QED) is 0.760. The molecule has 0 bridgehead atoms. The van der Waals surface area contributed by atoms with Gasteiger partial charge in [0.2, 0.25) is 12.7 Å². The molecule has 1 aliphatic heterocycles. The van der Waals surface area contributed by atoms with E-state index >= 15 is 0 Å². The Morgan fingerprint density at radius 2 is 1.81 bits per heavy atom. The van der Waals surface area contributed by atoms with Gasteiger partial charge in [-0.2, -0.15) is 13.2 Å². The van der Waals surface area contributed by atoms with E-state index in [1.54, 1.807) is 18.2 Å². The Balaban J connectivity index is 1.59. The molecule has 2 aromatic carbocycles. The van der Waals surface area contributed by atoms with E-state index in [4.69, 9.17) is 9.47 Å². The molecule has 2 aliphatic rings. The normalized spacial score (nSPS) is 17.1. The number of hydrogen-bond donors (Lipinski definition) is 1. The number of nitrogens with one attached hydrogen (secondary N) is 1. The number of alkyl halides is 3. The minimum absolute atomic E-state index is 0.0695. The molecule has 4 rings (SSSR count). The largest absolute Gasteiger partial charge is 0.454 e. The molecule has 1 saturated carbocycles. The Morgan fingerprint density at radius 1 is 1.08 bits per heavy atom. The lowest BCUT2D eigenvalue weighted by molar-refractivity contribution is -0.138. The van der Waals surface area contributed by atoms with Crippen LogP contribution in [0.2, 0.25) is 0 Å². The van der Waals surface area contributed by atoms with Gasteiger partial charge in [0.05, 0.1) is 11.0 Å². The number of anilines is 1. The molecule has 0 spiro atoms. The van der Waals surface area contributed by atoms with Gasteiger partial charge in [-0.3, -0.25) is 4.79 Å². The van der Waals surface area contributed by atoms with Crippen molar-refractivity contribution < 1.29 is 27.4 Å². The lowest BCUT2D eigenvalue weighted by atomic mass is 9.94. The molecule has 1 heterocycles. The Labute approximate surface area is 155 Å². The summed E-state index contributed by atoms with van der Waals surface area (Å²) in [6.45, 7) is 0.136. The van der Waals surface area contributed by atoms with Crippen LogP contribution in [0.25, 0.3) is 0 Å². The first-order valence-electron chi connectivity index (χ1n) is 7.88. The Hall–Kier alpha value is -2.22. The Bertz CT molecular complexity index is 894. The molecule has 1 fully saturated rings. The van der Waals surface area contributed by atoms with Crippen LogP contribution in [0.15, 0.2) is 40.9 Å². The molecule has 1 aliphatic carbocycles. The fourth-order valence-corrected chi connectivity index (χ4v) is 3.51. The van der Waals surface area contributed by atoms with Gasteiger partial charge in [0.1, 0.15) is 0 Å². The minimum atomic E-state index is -4.51. The number of halogens is 4. The smallest absolute Gasteiger partial charge is 0.417 e. The number of benzene rings is 2. The molecule has 136 valence electrons. The molecular formula is C18H13BrF3NO3. The third kappa shape index (κ3) is 2.92. The molecule has 8 heteroatoms. The Morgan fingerprint density at radius 3 is 2.50 bits per heavy atom. The van der Waals surface area contributed by atoms with Crippen LogP contribution in [0, 0.1) is 0 Å². The van der Waals surface area contributed by atoms with E-state index in [1.165, 1.54) is 12.1 Å².